The van der Waals surface area contributed by atoms with Crippen LogP contribution in [0.1, 0.15) is 29.6 Å². The number of hydrogen-bond acceptors (Lipinski definition) is 6. The molecule has 0 atom stereocenters. The minimum absolute atomic E-state index is 0.0250. The summed E-state index contributed by atoms with van der Waals surface area (Å²) in [6.45, 7) is 2.73. The molecule has 1 N–H and O–H groups in total. The van der Waals surface area contributed by atoms with Crippen molar-refractivity contribution >= 4 is 28.7 Å². The third kappa shape index (κ3) is 5.27. The second-order valence-electron chi connectivity index (χ2n) is 7.61. The summed E-state index contributed by atoms with van der Waals surface area (Å²) in [5, 5.41) is 2.69. The number of aromatic nitrogens is 1. The van der Waals surface area contributed by atoms with Crippen LogP contribution < -0.4 is 5.32 Å². The smallest absolute Gasteiger partial charge is 0.411 e. The van der Waals surface area contributed by atoms with Crippen molar-refractivity contribution in [3.05, 3.63) is 60.2 Å². The third-order valence-electron chi connectivity index (χ3n) is 5.54. The number of likely N-dealkylation sites (tertiary alicyclic amines) is 1. The normalized spacial score (nSPS) is 15.1. The number of anilines is 1. The number of oxazole rings is 1. The van der Waals surface area contributed by atoms with Crippen LogP contribution in [0.2, 0.25) is 0 Å². The van der Waals surface area contributed by atoms with Crippen molar-refractivity contribution in [2.75, 3.05) is 31.6 Å². The number of hydrogen-bond donors (Lipinski definition) is 1. The molecule has 162 valence electrons. The predicted molar refractivity (Wildman–Crippen MR) is 113 cm³/mol. The highest BCUT2D eigenvalue weighted by Gasteiger charge is 2.25. The molecule has 0 unspecified atom stereocenters. The Morgan fingerprint density at radius 1 is 1.16 bits per heavy atom. The van der Waals surface area contributed by atoms with Crippen molar-refractivity contribution in [3.63, 3.8) is 0 Å². The second kappa shape index (κ2) is 9.70. The van der Waals surface area contributed by atoms with E-state index in [-0.39, 0.29) is 17.5 Å². The van der Waals surface area contributed by atoms with E-state index in [1.54, 1.807) is 30.3 Å². The Hall–Kier alpha value is -3.26. The number of fused-ring (bicyclic) bond motifs is 1. The lowest BCUT2D eigenvalue weighted by atomic mass is 9.89. The lowest BCUT2D eigenvalue weighted by molar-refractivity contribution is 0.0830. The average Bonchev–Trinajstić information content (AvgIpc) is 3.27. The first-order valence-electron chi connectivity index (χ1n) is 10.4. The monoisotopic (exact) mass is 425 g/mol. The van der Waals surface area contributed by atoms with Crippen LogP contribution >= 0.6 is 0 Å². The van der Waals surface area contributed by atoms with Crippen LogP contribution in [0, 0.1) is 11.7 Å². The van der Waals surface area contributed by atoms with Gasteiger partial charge in [-0.3, -0.25) is 10.1 Å². The van der Waals surface area contributed by atoms with Crippen LogP contribution in [-0.4, -0.2) is 48.0 Å². The molecule has 0 bridgehead atoms. The molecule has 1 fully saturated rings. The predicted octanol–water partition coefficient (Wildman–Crippen LogP) is 4.50. The summed E-state index contributed by atoms with van der Waals surface area (Å²) in [6.07, 6.45) is 3.06. The van der Waals surface area contributed by atoms with Crippen LogP contribution in [-0.2, 0) is 4.74 Å². The summed E-state index contributed by atoms with van der Waals surface area (Å²) in [6, 6.07) is 11.0. The Balaban J connectivity index is 1.15. The van der Waals surface area contributed by atoms with Gasteiger partial charge in [-0.25, -0.2) is 14.2 Å². The van der Waals surface area contributed by atoms with E-state index in [9.17, 15) is 14.0 Å². The summed E-state index contributed by atoms with van der Waals surface area (Å²) >= 11 is 0. The van der Waals surface area contributed by atoms with E-state index in [2.05, 4.69) is 15.2 Å². The molecule has 0 radical (unpaired) electrons. The molecule has 1 aromatic heterocycles. The van der Waals surface area contributed by atoms with Crippen molar-refractivity contribution in [1.29, 1.82) is 0 Å². The zero-order valence-electron chi connectivity index (χ0n) is 17.1. The van der Waals surface area contributed by atoms with E-state index in [0.717, 1.165) is 32.5 Å². The number of ketones is 1. The summed E-state index contributed by atoms with van der Waals surface area (Å²) in [5.74, 6) is -0.276. The van der Waals surface area contributed by atoms with Gasteiger partial charge in [0.2, 0.25) is 0 Å². The van der Waals surface area contributed by atoms with Crippen molar-refractivity contribution < 1.29 is 23.1 Å². The number of halogens is 1. The molecule has 0 saturated carbocycles. The van der Waals surface area contributed by atoms with Crippen molar-refractivity contribution in [1.82, 2.24) is 9.88 Å². The van der Waals surface area contributed by atoms with Crippen molar-refractivity contribution in [2.24, 2.45) is 5.92 Å². The van der Waals surface area contributed by atoms with Gasteiger partial charge in [0, 0.05) is 18.0 Å². The number of carbonyl (C=O) groups excluding carboxylic acids is 2. The van der Waals surface area contributed by atoms with Gasteiger partial charge in [0.25, 0.3) is 0 Å². The van der Waals surface area contributed by atoms with Crippen LogP contribution in [0.4, 0.5) is 14.9 Å². The van der Waals surface area contributed by atoms with Crippen LogP contribution in [0.15, 0.2) is 53.3 Å². The minimum atomic E-state index is -0.529. The van der Waals surface area contributed by atoms with E-state index >= 15 is 0 Å². The van der Waals surface area contributed by atoms with Gasteiger partial charge in [-0.05, 0) is 68.8 Å². The van der Waals surface area contributed by atoms with Crippen LogP contribution in [0.3, 0.4) is 0 Å². The molecule has 1 aliphatic rings. The number of rotatable bonds is 7. The number of amides is 1. The minimum Gasteiger partial charge on any atom is -0.449 e. The molecule has 8 heteroatoms. The molecular formula is C23H24FN3O4. The fraction of sp³-hybridized carbons (Fsp3) is 0.348. The van der Waals surface area contributed by atoms with Gasteiger partial charge in [0.05, 0.1) is 12.3 Å². The number of Topliss-reactive ketones (excluding diaryl/α,β-unsaturated/α-hetero) is 1. The third-order valence-corrected chi connectivity index (χ3v) is 5.54. The Bertz CT molecular complexity index is 1040. The highest BCUT2D eigenvalue weighted by atomic mass is 19.1. The van der Waals surface area contributed by atoms with Gasteiger partial charge in [-0.2, -0.15) is 0 Å². The molecule has 7 nitrogen and oxygen atoms in total. The van der Waals surface area contributed by atoms with Gasteiger partial charge in [0.15, 0.2) is 17.8 Å². The Kier molecular flexibility index (Phi) is 6.57. The molecule has 0 spiro atoms. The number of ether oxygens (including phenoxy) is 1. The number of carbonyl (C=O) groups is 2. The first kappa shape index (κ1) is 21.0. The van der Waals surface area contributed by atoms with Crippen LogP contribution in [0.5, 0.6) is 0 Å². The van der Waals surface area contributed by atoms with E-state index in [1.165, 1.54) is 18.5 Å². The fourth-order valence-electron chi connectivity index (χ4n) is 3.85. The standard InChI is InChI=1S/C23H24FN3O4/c24-18-7-5-16(6-8-18)22(28)17-9-12-27(13-10-17)11-2-14-30-23(29)26-19-3-1-4-20-21(19)25-15-31-20/h1,3-8,15,17H,2,9-14H2,(H,26,29). The van der Waals surface area contributed by atoms with E-state index in [1.807, 2.05) is 0 Å². The van der Waals surface area contributed by atoms with Gasteiger partial charge in [-0.1, -0.05) is 6.07 Å². The number of piperidine rings is 1. The lowest BCUT2D eigenvalue weighted by Crippen LogP contribution is -2.37. The first-order valence-corrected chi connectivity index (χ1v) is 10.4. The zero-order chi connectivity index (χ0) is 21.6. The Morgan fingerprint density at radius 2 is 1.94 bits per heavy atom. The van der Waals surface area contributed by atoms with Gasteiger partial charge < -0.3 is 14.1 Å². The van der Waals surface area contributed by atoms with E-state index in [4.69, 9.17) is 9.15 Å². The number of nitrogens with zero attached hydrogens (tertiary/aromatic N) is 2. The van der Waals surface area contributed by atoms with Crippen molar-refractivity contribution in [3.8, 4) is 0 Å². The van der Waals surface area contributed by atoms with Crippen molar-refractivity contribution in [2.45, 2.75) is 19.3 Å². The number of nitrogens with one attached hydrogen (secondary N) is 1. The van der Waals surface area contributed by atoms with Gasteiger partial charge in [-0.15, -0.1) is 0 Å². The molecule has 1 aliphatic heterocycles. The second-order valence-corrected chi connectivity index (χ2v) is 7.61. The quantitative estimate of drug-likeness (QED) is 0.443. The Labute approximate surface area is 179 Å². The molecule has 2 aromatic carbocycles. The lowest BCUT2D eigenvalue weighted by Gasteiger charge is -2.31. The fourth-order valence-corrected chi connectivity index (χ4v) is 3.85. The molecule has 31 heavy (non-hydrogen) atoms. The molecule has 1 amide bonds. The van der Waals surface area contributed by atoms with Gasteiger partial charge in [0.1, 0.15) is 11.3 Å². The summed E-state index contributed by atoms with van der Waals surface area (Å²) < 4.78 is 23.5. The highest BCUT2D eigenvalue weighted by molar-refractivity contribution is 5.98. The van der Waals surface area contributed by atoms with E-state index in [0.29, 0.717) is 35.4 Å². The SMILES string of the molecule is O=C(Nc1cccc2ocnc12)OCCCN1CCC(C(=O)c2ccc(F)cc2)CC1. The maximum Gasteiger partial charge on any atom is 0.411 e. The largest absolute Gasteiger partial charge is 0.449 e. The average molecular weight is 425 g/mol. The zero-order valence-corrected chi connectivity index (χ0v) is 17.1. The summed E-state index contributed by atoms with van der Waals surface area (Å²) in [7, 11) is 0. The van der Waals surface area contributed by atoms with Gasteiger partial charge >= 0.3 is 6.09 Å². The van der Waals surface area contributed by atoms with Crippen LogP contribution in [0.25, 0.3) is 11.1 Å². The Morgan fingerprint density at radius 3 is 2.71 bits per heavy atom. The molecule has 4 rings (SSSR count). The number of benzene rings is 2. The highest BCUT2D eigenvalue weighted by Crippen LogP contribution is 2.23. The maximum atomic E-state index is 13.0. The summed E-state index contributed by atoms with van der Waals surface area (Å²) in [5.41, 5.74) is 2.29. The number of para-hydroxylation sites is 1. The molecular weight excluding hydrogens is 401 g/mol. The topological polar surface area (TPSA) is 84.7 Å². The summed E-state index contributed by atoms with van der Waals surface area (Å²) in [4.78, 5) is 30.9. The molecule has 2 heterocycles. The maximum absolute atomic E-state index is 13.0. The van der Waals surface area contributed by atoms with E-state index < -0.39 is 6.09 Å². The first-order chi connectivity index (χ1) is 15.1. The molecule has 0 aliphatic carbocycles. The molecule has 3 aromatic rings. The molecule has 1 saturated heterocycles.